The Bertz CT molecular complexity index is 434. The topological polar surface area (TPSA) is 41.6 Å². The first-order chi connectivity index (χ1) is 9.37. The first-order valence-electron chi connectivity index (χ1n) is 6.60. The lowest BCUT2D eigenvalue weighted by molar-refractivity contribution is -0.147. The van der Waals surface area contributed by atoms with E-state index in [1.54, 1.807) is 0 Å². The average Bonchev–Trinajstić information content (AvgIpc) is 2.40. The van der Waals surface area contributed by atoms with Gasteiger partial charge in [0, 0.05) is 24.0 Å². The number of halogens is 1. The highest BCUT2D eigenvalue weighted by Gasteiger charge is 2.33. The Morgan fingerprint density at radius 2 is 1.95 bits per heavy atom. The fourth-order valence-corrected chi connectivity index (χ4v) is 2.26. The number of nitrogens with one attached hydrogen (secondary N) is 1. The van der Waals surface area contributed by atoms with E-state index in [0.717, 1.165) is 23.1 Å². The first kappa shape index (κ1) is 17.1. The van der Waals surface area contributed by atoms with Gasteiger partial charge < -0.3 is 15.0 Å². The van der Waals surface area contributed by atoms with Crippen LogP contribution in [-0.4, -0.2) is 50.7 Å². The maximum atomic E-state index is 12.1. The van der Waals surface area contributed by atoms with Crippen LogP contribution < -0.4 is 5.32 Å². The fourth-order valence-electron chi connectivity index (χ4n) is 2.00. The molecule has 0 saturated heterocycles. The summed E-state index contributed by atoms with van der Waals surface area (Å²) in [5.41, 5.74) is 0.386. The molecular formula is C15H23BrN2O2. The lowest BCUT2D eigenvalue weighted by Crippen LogP contribution is -2.53. The summed E-state index contributed by atoms with van der Waals surface area (Å²) in [4.78, 5) is 14.1. The molecule has 0 fully saturated rings. The average molecular weight is 343 g/mol. The molecule has 0 spiro atoms. The molecule has 112 valence electrons. The number of nitrogens with zero attached hydrogens (tertiary/aromatic N) is 1. The molecule has 1 atom stereocenters. The maximum Gasteiger partial charge on any atom is 0.326 e. The lowest BCUT2D eigenvalue weighted by atomic mass is 9.92. The van der Waals surface area contributed by atoms with Crippen LogP contribution in [0.4, 0.5) is 0 Å². The first-order valence-corrected chi connectivity index (χ1v) is 7.39. The molecule has 0 aliphatic heterocycles. The standard InChI is InChI=1S/C15H23BrN2O2/c1-15(14(19)20-4,17-9-10-18(2)3)11-12-5-7-13(16)8-6-12/h5-8,17H,9-11H2,1-4H3. The number of benzene rings is 1. The Morgan fingerprint density at radius 3 is 2.45 bits per heavy atom. The van der Waals surface area contributed by atoms with Crippen molar-refractivity contribution in [3.05, 3.63) is 34.3 Å². The fraction of sp³-hybridized carbons (Fsp3) is 0.533. The van der Waals surface area contributed by atoms with Crippen molar-refractivity contribution in [3.8, 4) is 0 Å². The molecule has 0 aliphatic rings. The van der Waals surface area contributed by atoms with Gasteiger partial charge in [0.15, 0.2) is 0 Å². The SMILES string of the molecule is COC(=O)C(C)(Cc1ccc(Br)cc1)NCCN(C)C. The van der Waals surface area contributed by atoms with Gasteiger partial charge in [0.1, 0.15) is 5.54 Å². The second-order valence-electron chi connectivity index (χ2n) is 5.36. The monoisotopic (exact) mass is 342 g/mol. The van der Waals surface area contributed by atoms with Gasteiger partial charge in [-0.25, -0.2) is 0 Å². The third-order valence-corrected chi connectivity index (χ3v) is 3.71. The molecule has 5 heteroatoms. The quantitative estimate of drug-likeness (QED) is 0.770. The Morgan fingerprint density at radius 1 is 1.35 bits per heavy atom. The summed E-state index contributed by atoms with van der Waals surface area (Å²) in [6.45, 7) is 3.48. The van der Waals surface area contributed by atoms with E-state index in [2.05, 4.69) is 26.1 Å². The number of likely N-dealkylation sites (N-methyl/N-ethyl adjacent to an activating group) is 1. The second-order valence-corrected chi connectivity index (χ2v) is 6.27. The summed E-state index contributed by atoms with van der Waals surface area (Å²) in [5, 5.41) is 3.31. The number of carbonyl (C=O) groups excluding carboxylic acids is 1. The maximum absolute atomic E-state index is 12.1. The molecule has 0 heterocycles. The number of esters is 1. The van der Waals surface area contributed by atoms with E-state index in [1.165, 1.54) is 7.11 Å². The van der Waals surface area contributed by atoms with Gasteiger partial charge in [-0.2, -0.15) is 0 Å². The minimum Gasteiger partial charge on any atom is -0.468 e. The number of carbonyl (C=O) groups is 1. The minimum absolute atomic E-state index is 0.237. The van der Waals surface area contributed by atoms with Gasteiger partial charge in [-0.1, -0.05) is 28.1 Å². The van der Waals surface area contributed by atoms with Gasteiger partial charge in [0.2, 0.25) is 0 Å². The molecule has 4 nitrogen and oxygen atoms in total. The molecule has 0 amide bonds. The van der Waals surface area contributed by atoms with Crippen molar-refractivity contribution in [2.75, 3.05) is 34.3 Å². The lowest BCUT2D eigenvalue weighted by Gasteiger charge is -2.29. The van der Waals surface area contributed by atoms with Gasteiger partial charge >= 0.3 is 5.97 Å². The van der Waals surface area contributed by atoms with Crippen LogP contribution in [0.1, 0.15) is 12.5 Å². The number of rotatable bonds is 7. The number of hydrogen-bond acceptors (Lipinski definition) is 4. The van der Waals surface area contributed by atoms with Gasteiger partial charge in [0.25, 0.3) is 0 Å². The molecule has 0 aromatic heterocycles. The van der Waals surface area contributed by atoms with Crippen molar-refractivity contribution in [3.63, 3.8) is 0 Å². The summed E-state index contributed by atoms with van der Waals surface area (Å²) >= 11 is 3.41. The summed E-state index contributed by atoms with van der Waals surface area (Å²) in [6, 6.07) is 7.98. The van der Waals surface area contributed by atoms with E-state index >= 15 is 0 Å². The van der Waals surface area contributed by atoms with E-state index in [4.69, 9.17) is 4.74 Å². The predicted molar refractivity (Wildman–Crippen MR) is 84.8 cm³/mol. The van der Waals surface area contributed by atoms with Crippen molar-refractivity contribution in [2.24, 2.45) is 0 Å². The molecule has 1 N–H and O–H groups in total. The molecule has 1 aromatic rings. The number of methoxy groups -OCH3 is 1. The summed E-state index contributed by atoms with van der Waals surface area (Å²) < 4.78 is 5.97. The normalized spacial score (nSPS) is 14.1. The molecule has 1 aromatic carbocycles. The highest BCUT2D eigenvalue weighted by molar-refractivity contribution is 9.10. The largest absolute Gasteiger partial charge is 0.468 e. The van der Waals surface area contributed by atoms with Crippen molar-refractivity contribution in [1.29, 1.82) is 0 Å². The van der Waals surface area contributed by atoms with Gasteiger partial charge in [-0.15, -0.1) is 0 Å². The number of ether oxygens (including phenoxy) is 1. The van der Waals surface area contributed by atoms with Crippen molar-refractivity contribution < 1.29 is 9.53 Å². The van der Waals surface area contributed by atoms with E-state index in [0.29, 0.717) is 6.42 Å². The minimum atomic E-state index is -0.710. The summed E-state index contributed by atoms with van der Waals surface area (Å²) in [6.07, 6.45) is 0.598. The van der Waals surface area contributed by atoms with Crippen LogP contribution in [0.5, 0.6) is 0 Å². The van der Waals surface area contributed by atoms with Gasteiger partial charge in [-0.3, -0.25) is 4.79 Å². The van der Waals surface area contributed by atoms with Crippen LogP contribution in [0, 0.1) is 0 Å². The Labute approximate surface area is 129 Å². The zero-order valence-electron chi connectivity index (χ0n) is 12.6. The Hall–Kier alpha value is -0.910. The predicted octanol–water partition coefficient (Wildman–Crippen LogP) is 2.07. The van der Waals surface area contributed by atoms with Crippen molar-refractivity contribution >= 4 is 21.9 Å². The molecule has 1 unspecified atom stereocenters. The Kier molecular flexibility index (Phi) is 6.65. The molecule has 0 aliphatic carbocycles. The zero-order valence-corrected chi connectivity index (χ0v) is 14.2. The number of hydrogen-bond donors (Lipinski definition) is 1. The molecule has 0 radical (unpaired) electrons. The zero-order chi connectivity index (χ0) is 15.2. The third-order valence-electron chi connectivity index (χ3n) is 3.18. The second kappa shape index (κ2) is 7.76. The van der Waals surface area contributed by atoms with Gasteiger partial charge in [-0.05, 0) is 38.7 Å². The van der Waals surface area contributed by atoms with E-state index in [-0.39, 0.29) is 5.97 Å². The molecule has 0 bridgehead atoms. The highest BCUT2D eigenvalue weighted by atomic mass is 79.9. The van der Waals surface area contributed by atoms with Crippen LogP contribution in [0.25, 0.3) is 0 Å². The van der Waals surface area contributed by atoms with E-state index < -0.39 is 5.54 Å². The molecule has 1 rings (SSSR count). The van der Waals surface area contributed by atoms with Crippen molar-refractivity contribution in [1.82, 2.24) is 10.2 Å². The summed E-state index contributed by atoms with van der Waals surface area (Å²) in [5.74, 6) is -0.237. The van der Waals surface area contributed by atoms with Crippen LogP contribution in [0.15, 0.2) is 28.7 Å². The molecular weight excluding hydrogens is 320 g/mol. The van der Waals surface area contributed by atoms with Crippen LogP contribution in [0.3, 0.4) is 0 Å². The van der Waals surface area contributed by atoms with E-state index in [9.17, 15) is 4.79 Å². The molecule has 0 saturated carbocycles. The Balaban J connectivity index is 2.77. The van der Waals surface area contributed by atoms with Gasteiger partial charge in [0.05, 0.1) is 7.11 Å². The van der Waals surface area contributed by atoms with Crippen LogP contribution in [0.2, 0.25) is 0 Å². The van der Waals surface area contributed by atoms with Crippen molar-refractivity contribution in [2.45, 2.75) is 18.9 Å². The summed E-state index contributed by atoms with van der Waals surface area (Å²) in [7, 11) is 5.44. The van der Waals surface area contributed by atoms with Crippen LogP contribution >= 0.6 is 15.9 Å². The van der Waals surface area contributed by atoms with Crippen LogP contribution in [-0.2, 0) is 16.0 Å². The molecule has 20 heavy (non-hydrogen) atoms. The smallest absolute Gasteiger partial charge is 0.326 e. The third kappa shape index (κ3) is 5.23. The highest BCUT2D eigenvalue weighted by Crippen LogP contribution is 2.17. The van der Waals surface area contributed by atoms with E-state index in [1.807, 2.05) is 45.3 Å².